The van der Waals surface area contributed by atoms with E-state index in [1.54, 1.807) is 6.20 Å². The molecule has 1 amide bonds. The van der Waals surface area contributed by atoms with Crippen molar-refractivity contribution in [2.24, 2.45) is 0 Å². The number of nitrogens with zero attached hydrogens (tertiary/aromatic N) is 1. The number of amides is 1. The predicted molar refractivity (Wildman–Crippen MR) is 85.9 cm³/mol. The summed E-state index contributed by atoms with van der Waals surface area (Å²) in [6.07, 6.45) is 3.88. The molecule has 1 aliphatic heterocycles. The highest BCUT2D eigenvalue weighted by atomic mass is 32.1. The molecule has 9 heteroatoms. The minimum atomic E-state index is -2.96. The SMILES string of the molecule is O=C(Nc1ncc(C2CCNCC2)s1)c1sccc1OC(F)F. The Bertz CT molecular complexity index is 669. The summed E-state index contributed by atoms with van der Waals surface area (Å²) in [5.41, 5.74) is 0. The Kier molecular flexibility index (Phi) is 5.19. The number of aromatic nitrogens is 1. The first-order valence-corrected chi connectivity index (χ1v) is 8.83. The predicted octanol–water partition coefficient (Wildman–Crippen LogP) is 3.53. The van der Waals surface area contributed by atoms with Crippen LogP contribution in [0.4, 0.5) is 13.9 Å². The summed E-state index contributed by atoms with van der Waals surface area (Å²) in [5, 5.41) is 7.97. The molecule has 124 valence electrons. The third-order valence-corrected chi connectivity index (χ3v) is 5.51. The summed E-state index contributed by atoms with van der Waals surface area (Å²) in [4.78, 5) is 17.7. The third-order valence-electron chi connectivity index (χ3n) is 3.54. The molecule has 0 aromatic carbocycles. The third kappa shape index (κ3) is 4.04. The number of nitrogens with one attached hydrogen (secondary N) is 2. The molecule has 1 saturated heterocycles. The number of halogens is 2. The van der Waals surface area contributed by atoms with Crippen molar-refractivity contribution in [3.63, 3.8) is 0 Å². The number of piperidine rings is 1. The van der Waals surface area contributed by atoms with Crippen molar-refractivity contribution in [1.82, 2.24) is 10.3 Å². The molecule has 2 N–H and O–H groups in total. The van der Waals surface area contributed by atoms with Crippen LogP contribution < -0.4 is 15.4 Å². The summed E-state index contributed by atoms with van der Waals surface area (Å²) in [5.74, 6) is -0.140. The topological polar surface area (TPSA) is 63.2 Å². The van der Waals surface area contributed by atoms with Crippen LogP contribution in [0.25, 0.3) is 0 Å². The summed E-state index contributed by atoms with van der Waals surface area (Å²) in [6, 6.07) is 1.36. The van der Waals surface area contributed by atoms with Crippen molar-refractivity contribution in [2.45, 2.75) is 25.4 Å². The number of thiazole rings is 1. The molecule has 2 aromatic rings. The lowest BCUT2D eigenvalue weighted by Crippen LogP contribution is -2.26. The van der Waals surface area contributed by atoms with E-state index in [0.29, 0.717) is 11.0 Å². The van der Waals surface area contributed by atoms with Gasteiger partial charge in [0.2, 0.25) is 0 Å². The Morgan fingerprint density at radius 1 is 1.43 bits per heavy atom. The normalized spacial score (nSPS) is 15.8. The molecule has 3 rings (SSSR count). The number of alkyl halides is 2. The molecule has 0 atom stereocenters. The van der Waals surface area contributed by atoms with E-state index in [-0.39, 0.29) is 10.6 Å². The van der Waals surface area contributed by atoms with Crippen LogP contribution in [-0.4, -0.2) is 30.6 Å². The zero-order valence-electron chi connectivity index (χ0n) is 12.1. The van der Waals surface area contributed by atoms with E-state index >= 15 is 0 Å². The van der Waals surface area contributed by atoms with Gasteiger partial charge in [0.25, 0.3) is 5.91 Å². The number of rotatable bonds is 5. The summed E-state index contributed by atoms with van der Waals surface area (Å²) >= 11 is 2.48. The second-order valence-electron chi connectivity index (χ2n) is 5.04. The number of hydrogen-bond donors (Lipinski definition) is 2. The van der Waals surface area contributed by atoms with Crippen LogP contribution in [0.2, 0.25) is 0 Å². The van der Waals surface area contributed by atoms with Crippen LogP contribution in [0.1, 0.15) is 33.3 Å². The van der Waals surface area contributed by atoms with Crippen LogP contribution in [0, 0.1) is 0 Å². The Morgan fingerprint density at radius 2 is 2.22 bits per heavy atom. The smallest absolute Gasteiger partial charge is 0.387 e. The highest BCUT2D eigenvalue weighted by Gasteiger charge is 2.21. The average molecular weight is 359 g/mol. The number of carbonyl (C=O) groups is 1. The number of carbonyl (C=O) groups excluding carboxylic acids is 1. The molecule has 0 radical (unpaired) electrons. The molecule has 2 aromatic heterocycles. The Balaban J connectivity index is 1.66. The minimum absolute atomic E-state index is 0.113. The zero-order valence-corrected chi connectivity index (χ0v) is 13.7. The van der Waals surface area contributed by atoms with Gasteiger partial charge in [0.1, 0.15) is 10.6 Å². The monoisotopic (exact) mass is 359 g/mol. The fraction of sp³-hybridized carbons (Fsp3) is 0.429. The highest BCUT2D eigenvalue weighted by Crippen LogP contribution is 2.33. The molecule has 3 heterocycles. The van der Waals surface area contributed by atoms with Gasteiger partial charge < -0.3 is 10.1 Å². The molecule has 0 spiro atoms. The quantitative estimate of drug-likeness (QED) is 0.857. The number of thiophene rings is 1. The Hall–Kier alpha value is -1.58. The van der Waals surface area contributed by atoms with Gasteiger partial charge in [0.15, 0.2) is 5.13 Å². The average Bonchev–Trinajstić information content (AvgIpc) is 3.17. The molecule has 5 nitrogen and oxygen atoms in total. The molecule has 0 aliphatic carbocycles. The maximum atomic E-state index is 12.3. The molecule has 1 fully saturated rings. The fourth-order valence-corrected chi connectivity index (χ4v) is 4.14. The molecule has 1 aliphatic rings. The first-order chi connectivity index (χ1) is 11.1. The largest absolute Gasteiger partial charge is 0.433 e. The van der Waals surface area contributed by atoms with Crippen molar-refractivity contribution in [3.8, 4) is 5.75 Å². The molecular formula is C14H15F2N3O2S2. The van der Waals surface area contributed by atoms with Crippen molar-refractivity contribution < 1.29 is 18.3 Å². The van der Waals surface area contributed by atoms with Gasteiger partial charge in [-0.05, 0) is 43.3 Å². The van der Waals surface area contributed by atoms with Crippen molar-refractivity contribution in [3.05, 3.63) is 27.4 Å². The van der Waals surface area contributed by atoms with Gasteiger partial charge in [0.05, 0.1) is 0 Å². The van der Waals surface area contributed by atoms with Gasteiger partial charge in [-0.3, -0.25) is 10.1 Å². The first kappa shape index (κ1) is 16.3. The lowest BCUT2D eigenvalue weighted by atomic mass is 9.97. The maximum Gasteiger partial charge on any atom is 0.387 e. The van der Waals surface area contributed by atoms with Crippen LogP contribution in [0.3, 0.4) is 0 Å². The molecule has 0 unspecified atom stereocenters. The minimum Gasteiger partial charge on any atom is -0.433 e. The van der Waals surface area contributed by atoms with E-state index in [1.807, 2.05) is 0 Å². The van der Waals surface area contributed by atoms with E-state index in [2.05, 4.69) is 20.4 Å². The van der Waals surface area contributed by atoms with E-state index in [0.717, 1.165) is 42.1 Å². The van der Waals surface area contributed by atoms with Gasteiger partial charge in [-0.1, -0.05) is 0 Å². The van der Waals surface area contributed by atoms with Gasteiger partial charge in [-0.2, -0.15) is 8.78 Å². The summed E-state index contributed by atoms with van der Waals surface area (Å²) in [7, 11) is 0. The first-order valence-electron chi connectivity index (χ1n) is 7.13. The highest BCUT2D eigenvalue weighted by molar-refractivity contribution is 7.16. The number of hydrogen-bond acceptors (Lipinski definition) is 6. The second-order valence-corrected chi connectivity index (χ2v) is 7.02. The van der Waals surface area contributed by atoms with Gasteiger partial charge in [-0.25, -0.2) is 4.98 Å². The van der Waals surface area contributed by atoms with Gasteiger partial charge in [0, 0.05) is 11.1 Å². The fourth-order valence-electron chi connectivity index (χ4n) is 2.45. The van der Waals surface area contributed by atoms with Crippen LogP contribution in [0.5, 0.6) is 5.75 Å². The van der Waals surface area contributed by atoms with E-state index in [1.165, 1.54) is 22.8 Å². The van der Waals surface area contributed by atoms with Crippen LogP contribution in [0.15, 0.2) is 17.6 Å². The lowest BCUT2D eigenvalue weighted by molar-refractivity contribution is -0.0498. The van der Waals surface area contributed by atoms with Crippen molar-refractivity contribution >= 4 is 33.7 Å². The standard InChI is InChI=1S/C14H15F2N3O2S2/c15-13(16)21-9-3-6-22-11(9)12(20)19-14-18-7-10(23-14)8-1-4-17-5-2-8/h3,6-8,13,17H,1-2,4-5H2,(H,18,19,20). The van der Waals surface area contributed by atoms with Crippen molar-refractivity contribution in [2.75, 3.05) is 18.4 Å². The van der Waals surface area contributed by atoms with E-state index < -0.39 is 12.5 Å². The second kappa shape index (κ2) is 7.33. The molecule has 0 saturated carbocycles. The molecular weight excluding hydrogens is 344 g/mol. The number of ether oxygens (including phenoxy) is 1. The molecule has 0 bridgehead atoms. The molecule has 23 heavy (non-hydrogen) atoms. The number of anilines is 1. The van der Waals surface area contributed by atoms with Crippen LogP contribution in [-0.2, 0) is 0 Å². The Morgan fingerprint density at radius 3 is 2.96 bits per heavy atom. The van der Waals surface area contributed by atoms with E-state index in [9.17, 15) is 13.6 Å². The Labute approximate surface area is 139 Å². The summed E-state index contributed by atoms with van der Waals surface area (Å²) < 4.78 is 29.0. The van der Waals surface area contributed by atoms with Crippen LogP contribution >= 0.6 is 22.7 Å². The van der Waals surface area contributed by atoms with E-state index in [4.69, 9.17) is 0 Å². The van der Waals surface area contributed by atoms with Crippen molar-refractivity contribution in [1.29, 1.82) is 0 Å². The zero-order chi connectivity index (χ0) is 16.2. The maximum absolute atomic E-state index is 12.3. The van der Waals surface area contributed by atoms with Gasteiger partial charge in [-0.15, -0.1) is 22.7 Å². The summed E-state index contributed by atoms with van der Waals surface area (Å²) in [6.45, 7) is -0.996. The lowest BCUT2D eigenvalue weighted by Gasteiger charge is -2.20. The van der Waals surface area contributed by atoms with Gasteiger partial charge >= 0.3 is 6.61 Å².